The van der Waals surface area contributed by atoms with E-state index in [0.717, 1.165) is 57.8 Å². The number of unbranched alkanes of at least 4 members (excludes halogenated alkanes) is 18. The Labute approximate surface area is 218 Å². The molecule has 0 aliphatic rings. The van der Waals surface area contributed by atoms with Crippen LogP contribution in [0.5, 0.6) is 0 Å². The van der Waals surface area contributed by atoms with Crippen molar-refractivity contribution in [2.45, 2.75) is 181 Å². The standard InChI is InChI=1S/C31H60O4/c1-4-6-8-10-12-13-16-20-24-28-34-30(32)26-22-18-14-15-19-23-27-31(33)35-29(3)25-21-17-11-9-7-5-2/h29H,4-28H2,1-3H3. The Bertz CT molecular complexity index is 463. The van der Waals surface area contributed by atoms with Gasteiger partial charge < -0.3 is 9.47 Å². The zero-order valence-electron chi connectivity index (χ0n) is 23.9. The lowest BCUT2D eigenvalue weighted by Gasteiger charge is -2.13. The third-order valence-corrected chi connectivity index (χ3v) is 6.82. The van der Waals surface area contributed by atoms with E-state index < -0.39 is 0 Å². The lowest BCUT2D eigenvalue weighted by molar-refractivity contribution is -0.148. The minimum Gasteiger partial charge on any atom is -0.466 e. The van der Waals surface area contributed by atoms with E-state index in [4.69, 9.17) is 9.47 Å². The van der Waals surface area contributed by atoms with Crippen molar-refractivity contribution in [1.82, 2.24) is 0 Å². The summed E-state index contributed by atoms with van der Waals surface area (Å²) in [5.74, 6) is -0.0828. The van der Waals surface area contributed by atoms with Gasteiger partial charge in [-0.15, -0.1) is 0 Å². The van der Waals surface area contributed by atoms with Crippen LogP contribution < -0.4 is 0 Å². The van der Waals surface area contributed by atoms with Crippen molar-refractivity contribution in [2.75, 3.05) is 6.61 Å². The Kier molecular flexibility index (Phi) is 26.7. The molecule has 0 aromatic heterocycles. The third-order valence-electron chi connectivity index (χ3n) is 6.82. The first-order chi connectivity index (χ1) is 17.1. The summed E-state index contributed by atoms with van der Waals surface area (Å²) in [5.41, 5.74) is 0. The van der Waals surface area contributed by atoms with Crippen LogP contribution in [0.4, 0.5) is 0 Å². The number of esters is 2. The first-order valence-corrected chi connectivity index (χ1v) is 15.4. The highest BCUT2D eigenvalue weighted by Crippen LogP contribution is 2.13. The van der Waals surface area contributed by atoms with Crippen LogP contribution in [0.2, 0.25) is 0 Å². The van der Waals surface area contributed by atoms with E-state index in [1.807, 2.05) is 6.92 Å². The molecule has 1 unspecified atom stereocenters. The number of rotatable bonds is 27. The molecule has 35 heavy (non-hydrogen) atoms. The van der Waals surface area contributed by atoms with Gasteiger partial charge in [0, 0.05) is 12.8 Å². The third kappa shape index (κ3) is 27.4. The van der Waals surface area contributed by atoms with Crippen molar-refractivity contribution in [3.05, 3.63) is 0 Å². The average Bonchev–Trinajstić information content (AvgIpc) is 2.84. The number of carbonyl (C=O) groups is 2. The zero-order valence-corrected chi connectivity index (χ0v) is 23.9. The second kappa shape index (κ2) is 27.5. The lowest BCUT2D eigenvalue weighted by atomic mass is 10.1. The first kappa shape index (κ1) is 33.9. The molecule has 0 amide bonds. The first-order valence-electron chi connectivity index (χ1n) is 15.4. The molecule has 0 aromatic carbocycles. The molecule has 0 aliphatic carbocycles. The van der Waals surface area contributed by atoms with Crippen LogP contribution >= 0.6 is 0 Å². The summed E-state index contributed by atoms with van der Waals surface area (Å²) in [4.78, 5) is 23.8. The lowest BCUT2D eigenvalue weighted by Crippen LogP contribution is -2.14. The van der Waals surface area contributed by atoms with E-state index >= 15 is 0 Å². The molecule has 0 rings (SSSR count). The van der Waals surface area contributed by atoms with E-state index in [1.165, 1.54) is 83.5 Å². The molecule has 0 saturated carbocycles. The molecule has 0 saturated heterocycles. The van der Waals surface area contributed by atoms with Gasteiger partial charge in [-0.2, -0.15) is 0 Å². The van der Waals surface area contributed by atoms with Gasteiger partial charge in [-0.3, -0.25) is 9.59 Å². The molecule has 4 nitrogen and oxygen atoms in total. The van der Waals surface area contributed by atoms with E-state index in [1.54, 1.807) is 0 Å². The smallest absolute Gasteiger partial charge is 0.306 e. The minimum absolute atomic E-state index is 0.0395. The van der Waals surface area contributed by atoms with Gasteiger partial charge in [0.2, 0.25) is 0 Å². The van der Waals surface area contributed by atoms with Crippen molar-refractivity contribution in [2.24, 2.45) is 0 Å². The molecule has 0 bridgehead atoms. The summed E-state index contributed by atoms with van der Waals surface area (Å²) >= 11 is 0. The fourth-order valence-corrected chi connectivity index (χ4v) is 4.47. The van der Waals surface area contributed by atoms with Crippen LogP contribution in [-0.2, 0) is 19.1 Å². The predicted octanol–water partition coefficient (Wildman–Crippen LogP) is 9.86. The van der Waals surface area contributed by atoms with Crippen molar-refractivity contribution in [1.29, 1.82) is 0 Å². The summed E-state index contributed by atoms with van der Waals surface area (Å²) < 4.78 is 10.9. The number of hydrogen-bond acceptors (Lipinski definition) is 4. The highest BCUT2D eigenvalue weighted by Gasteiger charge is 2.09. The van der Waals surface area contributed by atoms with Crippen LogP contribution in [-0.4, -0.2) is 24.6 Å². The van der Waals surface area contributed by atoms with Crippen molar-refractivity contribution >= 4 is 11.9 Å². The normalized spacial score (nSPS) is 12.0. The Hall–Kier alpha value is -1.06. The maximum Gasteiger partial charge on any atom is 0.306 e. The monoisotopic (exact) mass is 496 g/mol. The van der Waals surface area contributed by atoms with Crippen LogP contribution in [0.25, 0.3) is 0 Å². The van der Waals surface area contributed by atoms with Gasteiger partial charge >= 0.3 is 11.9 Å². The van der Waals surface area contributed by atoms with Gasteiger partial charge in [0.1, 0.15) is 0 Å². The zero-order chi connectivity index (χ0) is 25.8. The van der Waals surface area contributed by atoms with E-state index in [9.17, 15) is 9.59 Å². The molecule has 0 aliphatic heterocycles. The molecule has 4 heteroatoms. The van der Waals surface area contributed by atoms with Gasteiger partial charge in [0.25, 0.3) is 0 Å². The largest absolute Gasteiger partial charge is 0.466 e. The number of ether oxygens (including phenoxy) is 2. The van der Waals surface area contributed by atoms with Gasteiger partial charge in [0.15, 0.2) is 0 Å². The van der Waals surface area contributed by atoms with Gasteiger partial charge in [-0.05, 0) is 39.0 Å². The van der Waals surface area contributed by atoms with Gasteiger partial charge in [-0.1, -0.05) is 123 Å². The van der Waals surface area contributed by atoms with E-state index in [-0.39, 0.29) is 18.0 Å². The fourth-order valence-electron chi connectivity index (χ4n) is 4.47. The summed E-state index contributed by atoms with van der Waals surface area (Å²) in [6.07, 6.45) is 27.5. The summed E-state index contributed by atoms with van der Waals surface area (Å²) in [5, 5.41) is 0. The van der Waals surface area contributed by atoms with Gasteiger partial charge in [-0.25, -0.2) is 0 Å². The minimum atomic E-state index is -0.0433. The molecule has 0 radical (unpaired) electrons. The van der Waals surface area contributed by atoms with Crippen LogP contribution in [0, 0.1) is 0 Å². The predicted molar refractivity (Wildman–Crippen MR) is 149 cm³/mol. The number of carbonyl (C=O) groups excluding carboxylic acids is 2. The topological polar surface area (TPSA) is 52.6 Å². The maximum absolute atomic E-state index is 12.0. The molecular formula is C31H60O4. The summed E-state index contributed by atoms with van der Waals surface area (Å²) in [7, 11) is 0. The van der Waals surface area contributed by atoms with Crippen molar-refractivity contribution in [3.8, 4) is 0 Å². The molecule has 0 N–H and O–H groups in total. The van der Waals surface area contributed by atoms with Crippen LogP contribution in [0.15, 0.2) is 0 Å². The molecular weight excluding hydrogens is 436 g/mol. The number of hydrogen-bond donors (Lipinski definition) is 0. The quantitative estimate of drug-likeness (QED) is 0.0838. The Morgan fingerprint density at radius 1 is 0.514 bits per heavy atom. The highest BCUT2D eigenvalue weighted by molar-refractivity contribution is 5.69. The SMILES string of the molecule is CCCCCCCCCCCOC(=O)CCCCCCCCC(=O)OC(C)CCCCCCCC. The summed E-state index contributed by atoms with van der Waals surface area (Å²) in [6, 6.07) is 0. The molecule has 1 atom stereocenters. The average molecular weight is 497 g/mol. The van der Waals surface area contributed by atoms with Crippen molar-refractivity contribution < 1.29 is 19.1 Å². The Morgan fingerprint density at radius 2 is 0.914 bits per heavy atom. The van der Waals surface area contributed by atoms with Gasteiger partial charge in [0.05, 0.1) is 12.7 Å². The van der Waals surface area contributed by atoms with Crippen LogP contribution in [0.1, 0.15) is 175 Å². The molecule has 0 aromatic rings. The van der Waals surface area contributed by atoms with Crippen molar-refractivity contribution in [3.63, 3.8) is 0 Å². The molecule has 0 fully saturated rings. The highest BCUT2D eigenvalue weighted by atomic mass is 16.5. The summed E-state index contributed by atoms with van der Waals surface area (Å²) in [6.45, 7) is 7.09. The maximum atomic E-state index is 12.0. The Morgan fingerprint density at radius 3 is 1.43 bits per heavy atom. The van der Waals surface area contributed by atoms with E-state index in [2.05, 4.69) is 13.8 Å². The van der Waals surface area contributed by atoms with E-state index in [0.29, 0.717) is 19.4 Å². The molecule has 0 heterocycles. The molecule has 208 valence electrons. The Balaban J connectivity index is 3.35. The van der Waals surface area contributed by atoms with Crippen LogP contribution in [0.3, 0.4) is 0 Å². The second-order valence-electron chi connectivity index (χ2n) is 10.5. The second-order valence-corrected chi connectivity index (χ2v) is 10.5. The fraction of sp³-hybridized carbons (Fsp3) is 0.935. The molecule has 0 spiro atoms.